The van der Waals surface area contributed by atoms with Crippen molar-refractivity contribution in [3.63, 3.8) is 0 Å². The van der Waals surface area contributed by atoms with Gasteiger partial charge in [0.15, 0.2) is 0 Å². The Morgan fingerprint density at radius 1 is 1.20 bits per heavy atom. The average molecular weight is 199 g/mol. The van der Waals surface area contributed by atoms with Crippen molar-refractivity contribution in [3.05, 3.63) is 47.9 Å². The molecule has 2 aromatic rings. The lowest BCUT2D eigenvalue weighted by molar-refractivity contribution is 0.904. The fraction of sp³-hybridized carbons (Fsp3) is 0.167. The second-order valence-electron chi connectivity index (χ2n) is 3.39. The lowest BCUT2D eigenvalue weighted by Gasteiger charge is -2.05. The molecule has 1 aromatic carbocycles. The van der Waals surface area contributed by atoms with E-state index in [4.69, 9.17) is 5.73 Å². The quantitative estimate of drug-likeness (QED) is 0.803. The fourth-order valence-corrected chi connectivity index (χ4v) is 1.47. The summed E-state index contributed by atoms with van der Waals surface area (Å²) in [5, 5.41) is 0. The van der Waals surface area contributed by atoms with Crippen LogP contribution in [0, 0.1) is 6.92 Å². The van der Waals surface area contributed by atoms with Gasteiger partial charge in [-0.1, -0.05) is 30.3 Å². The van der Waals surface area contributed by atoms with Gasteiger partial charge in [0.1, 0.15) is 5.82 Å². The van der Waals surface area contributed by atoms with Gasteiger partial charge in [-0.05, 0) is 12.5 Å². The minimum absolute atomic E-state index is 0.375. The number of aryl methyl sites for hydroxylation is 1. The van der Waals surface area contributed by atoms with Crippen molar-refractivity contribution < 1.29 is 0 Å². The molecule has 0 aliphatic heterocycles. The number of nitrogens with zero attached hydrogens (tertiary/aromatic N) is 2. The largest absolute Gasteiger partial charge is 0.324 e. The molecule has 0 radical (unpaired) electrons. The Labute approximate surface area is 89.0 Å². The molecule has 15 heavy (non-hydrogen) atoms. The van der Waals surface area contributed by atoms with Crippen molar-refractivity contribution in [2.45, 2.75) is 13.5 Å². The van der Waals surface area contributed by atoms with Gasteiger partial charge in [0.2, 0.25) is 0 Å². The average Bonchev–Trinajstić information content (AvgIpc) is 2.31. The molecule has 0 spiro atoms. The molecule has 0 bridgehead atoms. The first-order chi connectivity index (χ1) is 7.31. The van der Waals surface area contributed by atoms with Crippen molar-refractivity contribution in [2.24, 2.45) is 5.73 Å². The van der Waals surface area contributed by atoms with Gasteiger partial charge in [-0.2, -0.15) is 0 Å². The Hall–Kier alpha value is -1.74. The highest BCUT2D eigenvalue weighted by Gasteiger charge is 2.04. The molecular formula is C12H13N3. The minimum Gasteiger partial charge on any atom is -0.324 e. The first-order valence-corrected chi connectivity index (χ1v) is 4.89. The van der Waals surface area contributed by atoms with Gasteiger partial charge in [-0.3, -0.25) is 0 Å². The number of benzene rings is 1. The van der Waals surface area contributed by atoms with E-state index in [1.165, 1.54) is 0 Å². The van der Waals surface area contributed by atoms with Crippen LogP contribution in [0.2, 0.25) is 0 Å². The maximum atomic E-state index is 5.52. The molecule has 1 aromatic heterocycles. The van der Waals surface area contributed by atoms with Gasteiger partial charge in [-0.25, -0.2) is 9.97 Å². The molecule has 0 amide bonds. The molecule has 2 rings (SSSR count). The highest BCUT2D eigenvalue weighted by Crippen LogP contribution is 2.19. The summed E-state index contributed by atoms with van der Waals surface area (Å²) in [5.41, 5.74) is 8.66. The fourth-order valence-electron chi connectivity index (χ4n) is 1.47. The second kappa shape index (κ2) is 4.19. The zero-order valence-electron chi connectivity index (χ0n) is 8.64. The van der Waals surface area contributed by atoms with Crippen LogP contribution in [-0.4, -0.2) is 9.97 Å². The topological polar surface area (TPSA) is 51.8 Å². The zero-order valence-corrected chi connectivity index (χ0v) is 8.64. The summed E-state index contributed by atoms with van der Waals surface area (Å²) in [5.74, 6) is 0.680. The molecule has 0 aliphatic carbocycles. The Morgan fingerprint density at radius 2 is 1.93 bits per heavy atom. The number of hydrogen-bond acceptors (Lipinski definition) is 3. The minimum atomic E-state index is 0.375. The van der Waals surface area contributed by atoms with Crippen LogP contribution in [0.25, 0.3) is 11.3 Å². The van der Waals surface area contributed by atoms with Crippen molar-refractivity contribution in [2.75, 3.05) is 0 Å². The second-order valence-corrected chi connectivity index (χ2v) is 3.39. The first kappa shape index (κ1) is 9.80. The van der Waals surface area contributed by atoms with Crippen molar-refractivity contribution in [3.8, 4) is 11.3 Å². The van der Waals surface area contributed by atoms with E-state index < -0.39 is 0 Å². The molecule has 3 nitrogen and oxygen atoms in total. The summed E-state index contributed by atoms with van der Waals surface area (Å²) in [6.07, 6.45) is 1.82. The molecular weight excluding hydrogens is 186 g/mol. The van der Waals surface area contributed by atoms with Crippen LogP contribution in [0.3, 0.4) is 0 Å². The van der Waals surface area contributed by atoms with Crippen LogP contribution in [0.1, 0.15) is 11.4 Å². The third-order valence-corrected chi connectivity index (χ3v) is 2.25. The lowest BCUT2D eigenvalue weighted by Crippen LogP contribution is -2.04. The van der Waals surface area contributed by atoms with Crippen LogP contribution >= 0.6 is 0 Å². The Balaban J connectivity index is 2.52. The highest BCUT2D eigenvalue weighted by atomic mass is 14.9. The monoisotopic (exact) mass is 199 g/mol. The van der Waals surface area contributed by atoms with Crippen LogP contribution in [-0.2, 0) is 6.54 Å². The summed E-state index contributed by atoms with van der Waals surface area (Å²) < 4.78 is 0. The van der Waals surface area contributed by atoms with Crippen LogP contribution in [0.5, 0.6) is 0 Å². The molecule has 0 saturated carbocycles. The van der Waals surface area contributed by atoms with Gasteiger partial charge in [0.25, 0.3) is 0 Å². The van der Waals surface area contributed by atoms with Crippen LogP contribution < -0.4 is 5.73 Å². The molecule has 2 N–H and O–H groups in total. The molecule has 3 heteroatoms. The van der Waals surface area contributed by atoms with E-state index in [0.717, 1.165) is 16.8 Å². The van der Waals surface area contributed by atoms with Crippen LogP contribution in [0.15, 0.2) is 36.5 Å². The lowest BCUT2D eigenvalue weighted by atomic mass is 10.1. The first-order valence-electron chi connectivity index (χ1n) is 4.89. The van der Waals surface area contributed by atoms with E-state index in [-0.39, 0.29) is 0 Å². The van der Waals surface area contributed by atoms with Crippen molar-refractivity contribution in [1.29, 1.82) is 0 Å². The molecule has 0 fully saturated rings. The number of rotatable bonds is 2. The van der Waals surface area contributed by atoms with Crippen LogP contribution in [0.4, 0.5) is 0 Å². The van der Waals surface area contributed by atoms with Gasteiger partial charge < -0.3 is 5.73 Å². The standard InChI is InChI=1S/C12H13N3/c1-9-8-14-11(7-13)15-12(9)10-5-3-2-4-6-10/h2-6,8H,7,13H2,1H3. The summed E-state index contributed by atoms with van der Waals surface area (Å²) in [6.45, 7) is 2.38. The van der Waals surface area contributed by atoms with Gasteiger partial charge in [-0.15, -0.1) is 0 Å². The van der Waals surface area contributed by atoms with Gasteiger partial charge in [0, 0.05) is 11.8 Å². The Morgan fingerprint density at radius 3 is 2.60 bits per heavy atom. The Kier molecular flexibility index (Phi) is 2.74. The zero-order chi connectivity index (χ0) is 10.7. The molecule has 0 saturated heterocycles. The van der Waals surface area contributed by atoms with Crippen molar-refractivity contribution >= 4 is 0 Å². The maximum Gasteiger partial charge on any atom is 0.142 e. The molecule has 76 valence electrons. The van der Waals surface area contributed by atoms with E-state index in [1.807, 2.05) is 43.5 Å². The smallest absolute Gasteiger partial charge is 0.142 e. The summed E-state index contributed by atoms with van der Waals surface area (Å²) in [7, 11) is 0. The number of nitrogens with two attached hydrogens (primary N) is 1. The molecule has 0 aliphatic rings. The molecule has 0 unspecified atom stereocenters. The number of aromatic nitrogens is 2. The summed E-state index contributed by atoms with van der Waals surface area (Å²) >= 11 is 0. The van der Waals surface area contributed by atoms with E-state index in [9.17, 15) is 0 Å². The number of hydrogen-bond donors (Lipinski definition) is 1. The SMILES string of the molecule is Cc1cnc(CN)nc1-c1ccccc1. The highest BCUT2D eigenvalue weighted by molar-refractivity contribution is 5.62. The summed E-state index contributed by atoms with van der Waals surface area (Å²) in [6, 6.07) is 10.1. The third kappa shape index (κ3) is 2.02. The van der Waals surface area contributed by atoms with E-state index >= 15 is 0 Å². The molecule has 1 heterocycles. The van der Waals surface area contributed by atoms with Crippen molar-refractivity contribution in [1.82, 2.24) is 9.97 Å². The van der Waals surface area contributed by atoms with E-state index in [2.05, 4.69) is 9.97 Å². The van der Waals surface area contributed by atoms with Gasteiger partial charge in [0.05, 0.1) is 12.2 Å². The van der Waals surface area contributed by atoms with E-state index in [1.54, 1.807) is 0 Å². The Bertz CT molecular complexity index is 452. The maximum absolute atomic E-state index is 5.52. The molecule has 0 atom stereocenters. The third-order valence-electron chi connectivity index (χ3n) is 2.25. The van der Waals surface area contributed by atoms with E-state index in [0.29, 0.717) is 12.4 Å². The predicted molar refractivity (Wildman–Crippen MR) is 60.1 cm³/mol. The van der Waals surface area contributed by atoms with Gasteiger partial charge >= 0.3 is 0 Å². The summed E-state index contributed by atoms with van der Waals surface area (Å²) in [4.78, 5) is 8.57. The normalized spacial score (nSPS) is 10.3. The predicted octanol–water partition coefficient (Wildman–Crippen LogP) is 1.91.